The number of aromatic nitrogens is 2. The fourth-order valence-corrected chi connectivity index (χ4v) is 5.41. The summed E-state index contributed by atoms with van der Waals surface area (Å²) in [6.45, 7) is 7.88. The third-order valence-electron chi connectivity index (χ3n) is 7.50. The average Bonchev–Trinajstić information content (AvgIpc) is 3.27. The molecule has 0 spiro atoms. The number of amidine groups is 2. The molecular formula is C30H36N6O. The number of hydrogen-bond donors (Lipinski definition) is 3. The van der Waals surface area contributed by atoms with Crippen molar-refractivity contribution in [3.8, 4) is 11.4 Å². The summed E-state index contributed by atoms with van der Waals surface area (Å²) >= 11 is 0. The molecule has 1 fully saturated rings. The van der Waals surface area contributed by atoms with Crippen LogP contribution in [0.4, 0.5) is 0 Å². The number of fused-ring (bicyclic) bond motifs is 2. The molecule has 192 valence electrons. The quantitative estimate of drug-likeness (QED) is 0.217. The highest BCUT2D eigenvalue weighted by Crippen LogP contribution is 2.34. The molecule has 0 bridgehead atoms. The maximum atomic E-state index is 8.05. The second-order valence-electron chi connectivity index (χ2n) is 10.0. The van der Waals surface area contributed by atoms with Crippen LogP contribution >= 0.6 is 0 Å². The molecule has 0 atom stereocenters. The Morgan fingerprint density at radius 3 is 2.46 bits per heavy atom. The van der Waals surface area contributed by atoms with E-state index in [-0.39, 0.29) is 11.9 Å². The summed E-state index contributed by atoms with van der Waals surface area (Å²) in [4.78, 5) is 7.27. The first-order valence-electron chi connectivity index (χ1n) is 13.2. The van der Waals surface area contributed by atoms with E-state index >= 15 is 0 Å². The number of hydrogen-bond acceptors (Lipinski definition) is 4. The van der Waals surface area contributed by atoms with Gasteiger partial charge in [0.1, 0.15) is 23.5 Å². The number of ether oxygens (including phenoxy) is 1. The lowest BCUT2D eigenvalue weighted by atomic mass is 10.0. The molecule has 7 heteroatoms. The van der Waals surface area contributed by atoms with Gasteiger partial charge in [-0.05, 0) is 49.9 Å². The molecule has 1 aliphatic rings. The summed E-state index contributed by atoms with van der Waals surface area (Å²) in [5.74, 6) is 2.63. The normalized spacial score (nSPS) is 14.4. The molecule has 1 saturated heterocycles. The third kappa shape index (κ3) is 4.66. The predicted octanol–water partition coefficient (Wildman–Crippen LogP) is 5.95. The maximum Gasteiger partial charge on any atom is 0.124 e. The Bertz CT molecular complexity index is 1480. The van der Waals surface area contributed by atoms with Gasteiger partial charge in [-0.3, -0.25) is 15.4 Å². The molecule has 2 heterocycles. The van der Waals surface area contributed by atoms with Crippen LogP contribution in [0.15, 0.2) is 48.5 Å². The van der Waals surface area contributed by atoms with Gasteiger partial charge in [-0.2, -0.15) is 0 Å². The largest absolute Gasteiger partial charge is 0.490 e. The van der Waals surface area contributed by atoms with Crippen LogP contribution in [-0.2, 0) is 6.42 Å². The van der Waals surface area contributed by atoms with E-state index in [1.165, 1.54) is 0 Å². The molecule has 7 nitrogen and oxygen atoms in total. The number of piperidine rings is 1. The smallest absolute Gasteiger partial charge is 0.124 e. The lowest BCUT2D eigenvalue weighted by Gasteiger charge is -2.33. The van der Waals surface area contributed by atoms with E-state index in [2.05, 4.69) is 47.6 Å². The Balaban J connectivity index is 1.58. The summed E-state index contributed by atoms with van der Waals surface area (Å²) in [6.07, 6.45) is 5.01. The minimum Gasteiger partial charge on any atom is -0.490 e. The van der Waals surface area contributed by atoms with Gasteiger partial charge in [0, 0.05) is 48.9 Å². The van der Waals surface area contributed by atoms with Gasteiger partial charge in [0.15, 0.2) is 0 Å². The average molecular weight is 497 g/mol. The summed E-state index contributed by atoms with van der Waals surface area (Å²) in [6, 6.07) is 16.4. The maximum absolute atomic E-state index is 8.05. The van der Waals surface area contributed by atoms with Crippen LogP contribution < -0.4 is 10.5 Å². The molecule has 37 heavy (non-hydrogen) atoms. The Hall–Kier alpha value is -3.87. The van der Waals surface area contributed by atoms with Crippen molar-refractivity contribution in [1.82, 2.24) is 14.5 Å². The molecule has 4 aromatic rings. The first-order chi connectivity index (χ1) is 17.9. The number of benzene rings is 3. The number of imidazole rings is 1. The summed E-state index contributed by atoms with van der Waals surface area (Å²) in [5, 5.41) is 18.0. The molecule has 0 amide bonds. The topological polar surface area (TPSA) is 104 Å². The first-order valence-corrected chi connectivity index (χ1v) is 13.2. The molecule has 4 N–H and O–H groups in total. The van der Waals surface area contributed by atoms with Crippen LogP contribution in [0.2, 0.25) is 0 Å². The van der Waals surface area contributed by atoms with Crippen LogP contribution in [-0.4, -0.2) is 45.3 Å². The van der Waals surface area contributed by atoms with E-state index in [1.807, 2.05) is 31.2 Å². The molecule has 0 radical (unpaired) electrons. The number of likely N-dealkylation sites (tertiary alicyclic amines) is 1. The van der Waals surface area contributed by atoms with Crippen LogP contribution in [0.5, 0.6) is 5.75 Å². The molecule has 5 rings (SSSR count). The zero-order valence-corrected chi connectivity index (χ0v) is 22.0. The third-order valence-corrected chi connectivity index (χ3v) is 7.50. The van der Waals surface area contributed by atoms with Crippen molar-refractivity contribution in [2.45, 2.75) is 59.0 Å². The number of unbranched alkanes of at least 4 members (excludes halogenated alkanes) is 1. The Morgan fingerprint density at radius 1 is 1.05 bits per heavy atom. The number of nitrogen functional groups attached to an aromatic ring is 1. The van der Waals surface area contributed by atoms with Gasteiger partial charge in [0.25, 0.3) is 0 Å². The molecule has 3 aromatic carbocycles. The van der Waals surface area contributed by atoms with Crippen molar-refractivity contribution in [2.24, 2.45) is 5.73 Å². The van der Waals surface area contributed by atoms with Crippen LogP contribution in [0.3, 0.4) is 0 Å². The molecule has 1 aliphatic heterocycles. The van der Waals surface area contributed by atoms with Crippen molar-refractivity contribution in [3.63, 3.8) is 0 Å². The first kappa shape index (κ1) is 24.8. The van der Waals surface area contributed by atoms with Gasteiger partial charge in [-0.1, -0.05) is 37.6 Å². The minimum absolute atomic E-state index is 0.0729. The second-order valence-corrected chi connectivity index (χ2v) is 10.0. The number of nitrogens with two attached hydrogens (primary N) is 1. The Kier molecular flexibility index (Phi) is 6.87. The van der Waals surface area contributed by atoms with Crippen molar-refractivity contribution in [2.75, 3.05) is 13.1 Å². The fraction of sp³-hybridized carbons (Fsp3) is 0.367. The molecule has 0 aliphatic carbocycles. The fourth-order valence-electron chi connectivity index (χ4n) is 5.41. The van der Waals surface area contributed by atoms with E-state index in [9.17, 15) is 0 Å². The van der Waals surface area contributed by atoms with E-state index in [0.29, 0.717) is 5.84 Å². The lowest BCUT2D eigenvalue weighted by molar-refractivity contribution is 0.130. The summed E-state index contributed by atoms with van der Waals surface area (Å²) < 4.78 is 8.76. The van der Waals surface area contributed by atoms with Crippen LogP contribution in [0, 0.1) is 17.7 Å². The van der Waals surface area contributed by atoms with Crippen molar-refractivity contribution >= 4 is 33.5 Å². The lowest BCUT2D eigenvalue weighted by Crippen LogP contribution is -2.40. The highest BCUT2D eigenvalue weighted by Gasteiger charge is 2.23. The Labute approximate surface area is 218 Å². The van der Waals surface area contributed by atoms with Gasteiger partial charge in [-0.25, -0.2) is 4.98 Å². The zero-order chi connectivity index (χ0) is 26.1. The SMILES string of the molecule is CCCCc1nc2c(C)c(OC3CCN(C(C)=N)CC3)ccc2n1-c1ccc(C(=N)N)c2ccccc12. The van der Waals surface area contributed by atoms with E-state index in [4.69, 9.17) is 26.3 Å². The van der Waals surface area contributed by atoms with Crippen molar-refractivity contribution in [1.29, 1.82) is 10.8 Å². The van der Waals surface area contributed by atoms with E-state index < -0.39 is 0 Å². The summed E-state index contributed by atoms with van der Waals surface area (Å²) in [5.41, 5.74) is 10.8. The van der Waals surface area contributed by atoms with Crippen LogP contribution in [0.1, 0.15) is 56.5 Å². The van der Waals surface area contributed by atoms with Gasteiger partial charge in [-0.15, -0.1) is 0 Å². The second kappa shape index (κ2) is 10.2. The predicted molar refractivity (Wildman–Crippen MR) is 152 cm³/mol. The molecule has 1 aromatic heterocycles. The number of aryl methyl sites for hydroxylation is 2. The van der Waals surface area contributed by atoms with Crippen LogP contribution in [0.25, 0.3) is 27.5 Å². The standard InChI is InChI=1S/C30H36N6O/c1-4-5-10-28-34-29-19(2)27(37-21-15-17-35(18-16-21)20(3)31)14-13-26(29)36(28)25-12-11-24(30(32)33)22-8-6-7-9-23(22)25/h6-9,11-14,21,31H,4-5,10,15-18H2,1-3H3,(H3,32,33). The van der Waals surface area contributed by atoms with Gasteiger partial charge >= 0.3 is 0 Å². The van der Waals surface area contributed by atoms with Gasteiger partial charge < -0.3 is 15.4 Å². The minimum atomic E-state index is 0.0729. The monoisotopic (exact) mass is 496 g/mol. The number of rotatable bonds is 7. The number of nitrogens with zero attached hydrogens (tertiary/aromatic N) is 3. The van der Waals surface area contributed by atoms with Gasteiger partial charge in [0.05, 0.1) is 22.6 Å². The van der Waals surface area contributed by atoms with E-state index in [0.717, 1.165) is 95.4 Å². The highest BCUT2D eigenvalue weighted by molar-refractivity contribution is 6.10. The van der Waals surface area contributed by atoms with E-state index in [1.54, 1.807) is 0 Å². The van der Waals surface area contributed by atoms with Crippen molar-refractivity contribution in [3.05, 3.63) is 65.5 Å². The van der Waals surface area contributed by atoms with Gasteiger partial charge in [0.2, 0.25) is 0 Å². The van der Waals surface area contributed by atoms with Crippen molar-refractivity contribution < 1.29 is 4.74 Å². The summed E-state index contributed by atoms with van der Waals surface area (Å²) in [7, 11) is 0. The highest BCUT2D eigenvalue weighted by atomic mass is 16.5. The Morgan fingerprint density at radius 2 is 1.78 bits per heavy atom. The molecule has 0 unspecified atom stereocenters. The zero-order valence-electron chi connectivity index (χ0n) is 22.0. The molecular weight excluding hydrogens is 460 g/mol. The molecule has 0 saturated carbocycles. The number of nitrogens with one attached hydrogen (secondary N) is 2.